The van der Waals surface area contributed by atoms with Gasteiger partial charge in [-0.25, -0.2) is 4.98 Å². The Morgan fingerprint density at radius 2 is 1.91 bits per heavy atom. The van der Waals surface area contributed by atoms with Gasteiger partial charge in [0.2, 0.25) is 5.95 Å². The summed E-state index contributed by atoms with van der Waals surface area (Å²) >= 11 is 0. The Morgan fingerprint density at radius 1 is 1.09 bits per heavy atom. The van der Waals surface area contributed by atoms with Crippen molar-refractivity contribution in [2.45, 2.75) is 27.3 Å². The topological polar surface area (TPSA) is 65.6 Å². The third-order valence-electron chi connectivity index (χ3n) is 3.93. The zero-order valence-corrected chi connectivity index (χ0v) is 13.4. The molecule has 1 aromatic carbocycles. The highest BCUT2D eigenvalue weighted by Crippen LogP contribution is 2.22. The Kier molecular flexibility index (Phi) is 3.71. The van der Waals surface area contributed by atoms with Crippen molar-refractivity contribution in [2.75, 3.05) is 17.7 Å². The summed E-state index contributed by atoms with van der Waals surface area (Å²) in [6.07, 6.45) is 0. The zero-order chi connectivity index (χ0) is 15.7. The molecule has 114 valence electrons. The number of aromatic nitrogens is 3. The van der Waals surface area contributed by atoms with Crippen molar-refractivity contribution in [3.05, 3.63) is 46.8 Å². The molecule has 0 saturated carbocycles. The number of nitrogens with one attached hydrogen (secondary N) is 3. The van der Waals surface area contributed by atoms with E-state index < -0.39 is 0 Å². The Bertz CT molecular complexity index is 819. The van der Waals surface area contributed by atoms with Crippen molar-refractivity contribution in [1.29, 1.82) is 0 Å². The highest BCUT2D eigenvalue weighted by Gasteiger charge is 2.06. The van der Waals surface area contributed by atoms with E-state index in [0.29, 0.717) is 12.5 Å². The van der Waals surface area contributed by atoms with Crippen LogP contribution in [0.15, 0.2) is 24.3 Å². The maximum Gasteiger partial charge on any atom is 0.225 e. The minimum atomic E-state index is 0.645. The number of fused-ring (bicyclic) bond motifs is 1. The first-order valence-electron chi connectivity index (χ1n) is 7.42. The number of H-pyrrole nitrogens is 1. The predicted octanol–water partition coefficient (Wildman–Crippen LogP) is 3.54. The summed E-state index contributed by atoms with van der Waals surface area (Å²) in [6, 6.07) is 8.39. The highest BCUT2D eigenvalue weighted by atomic mass is 15.1. The first-order valence-corrected chi connectivity index (χ1v) is 7.42. The Labute approximate surface area is 130 Å². The molecule has 0 saturated heterocycles. The maximum atomic E-state index is 4.41. The van der Waals surface area contributed by atoms with Crippen LogP contribution in [-0.2, 0) is 6.54 Å². The quantitative estimate of drug-likeness (QED) is 0.689. The van der Waals surface area contributed by atoms with Gasteiger partial charge in [-0.3, -0.25) is 0 Å². The molecule has 2 heterocycles. The average Bonchev–Trinajstić information content (AvgIpc) is 2.79. The van der Waals surface area contributed by atoms with E-state index in [1.807, 2.05) is 20.0 Å². The van der Waals surface area contributed by atoms with Crippen LogP contribution in [0.2, 0.25) is 0 Å². The number of aryl methyl sites for hydroxylation is 3. The van der Waals surface area contributed by atoms with Crippen LogP contribution in [-0.4, -0.2) is 22.0 Å². The third kappa shape index (κ3) is 2.74. The predicted molar refractivity (Wildman–Crippen MR) is 91.4 cm³/mol. The molecule has 5 heteroatoms. The summed E-state index contributed by atoms with van der Waals surface area (Å²) in [4.78, 5) is 12.2. The van der Waals surface area contributed by atoms with Crippen LogP contribution in [0, 0.1) is 20.8 Å². The van der Waals surface area contributed by atoms with Crippen molar-refractivity contribution in [3.8, 4) is 0 Å². The van der Waals surface area contributed by atoms with E-state index in [2.05, 4.69) is 57.6 Å². The summed E-state index contributed by atoms with van der Waals surface area (Å²) in [6.45, 7) is 6.92. The van der Waals surface area contributed by atoms with Crippen LogP contribution in [0.4, 0.5) is 11.8 Å². The fourth-order valence-corrected chi connectivity index (χ4v) is 2.58. The van der Waals surface area contributed by atoms with Crippen molar-refractivity contribution >= 4 is 22.7 Å². The maximum absolute atomic E-state index is 4.41. The molecular weight excluding hydrogens is 274 g/mol. The number of anilines is 2. The van der Waals surface area contributed by atoms with E-state index in [1.54, 1.807) is 0 Å². The molecular formula is C17H21N5. The molecule has 0 aliphatic heterocycles. The lowest BCUT2D eigenvalue weighted by atomic mass is 10.1. The Hall–Kier alpha value is -2.56. The molecule has 0 unspecified atom stereocenters. The lowest BCUT2D eigenvalue weighted by Gasteiger charge is -2.08. The second-order valence-electron chi connectivity index (χ2n) is 5.58. The summed E-state index contributed by atoms with van der Waals surface area (Å²) < 4.78 is 0. The van der Waals surface area contributed by atoms with Crippen molar-refractivity contribution < 1.29 is 0 Å². The van der Waals surface area contributed by atoms with E-state index in [-0.39, 0.29) is 0 Å². The van der Waals surface area contributed by atoms with Crippen LogP contribution in [0.5, 0.6) is 0 Å². The highest BCUT2D eigenvalue weighted by molar-refractivity contribution is 5.85. The van der Waals surface area contributed by atoms with Crippen LogP contribution in [0.3, 0.4) is 0 Å². The molecule has 0 bridgehead atoms. The molecule has 0 atom stereocenters. The van der Waals surface area contributed by atoms with E-state index in [0.717, 1.165) is 11.5 Å². The van der Waals surface area contributed by atoms with Gasteiger partial charge in [0.05, 0.1) is 0 Å². The number of hydrogen-bond donors (Lipinski definition) is 3. The van der Waals surface area contributed by atoms with Gasteiger partial charge in [-0.1, -0.05) is 6.07 Å². The van der Waals surface area contributed by atoms with Crippen LogP contribution in [0.25, 0.3) is 10.9 Å². The number of aromatic amines is 1. The number of nitrogens with zero attached hydrogens (tertiary/aromatic N) is 2. The van der Waals surface area contributed by atoms with Gasteiger partial charge in [0.25, 0.3) is 0 Å². The van der Waals surface area contributed by atoms with Gasteiger partial charge < -0.3 is 15.6 Å². The summed E-state index contributed by atoms with van der Waals surface area (Å²) in [5.41, 5.74) is 5.87. The van der Waals surface area contributed by atoms with Gasteiger partial charge in [-0.15, -0.1) is 0 Å². The van der Waals surface area contributed by atoms with E-state index in [9.17, 15) is 0 Å². The van der Waals surface area contributed by atoms with Crippen molar-refractivity contribution in [2.24, 2.45) is 0 Å². The Morgan fingerprint density at radius 3 is 2.68 bits per heavy atom. The number of rotatable bonds is 4. The molecule has 5 nitrogen and oxygen atoms in total. The first kappa shape index (κ1) is 14.4. The molecule has 0 amide bonds. The molecule has 0 spiro atoms. The Balaban J connectivity index is 1.81. The SMILES string of the molecule is CNc1cc(C)nc(NCc2ccc3[nH]c(C)c(C)c3c2)n1. The molecule has 0 fully saturated rings. The molecule has 3 rings (SSSR count). The van der Waals surface area contributed by atoms with Gasteiger partial charge in [-0.05, 0) is 44.0 Å². The minimum Gasteiger partial charge on any atom is -0.373 e. The molecule has 3 aromatic rings. The molecule has 2 aromatic heterocycles. The van der Waals surface area contributed by atoms with E-state index in [4.69, 9.17) is 0 Å². The van der Waals surface area contributed by atoms with Crippen LogP contribution >= 0.6 is 0 Å². The summed E-state index contributed by atoms with van der Waals surface area (Å²) in [5.74, 6) is 1.47. The van der Waals surface area contributed by atoms with Gasteiger partial charge in [-0.2, -0.15) is 4.98 Å². The third-order valence-corrected chi connectivity index (χ3v) is 3.93. The number of benzene rings is 1. The monoisotopic (exact) mass is 295 g/mol. The van der Waals surface area contributed by atoms with E-state index >= 15 is 0 Å². The number of hydrogen-bond acceptors (Lipinski definition) is 4. The van der Waals surface area contributed by atoms with Gasteiger partial charge in [0, 0.05) is 41.9 Å². The average molecular weight is 295 g/mol. The largest absolute Gasteiger partial charge is 0.373 e. The second kappa shape index (κ2) is 5.67. The normalized spacial score (nSPS) is 10.9. The molecule has 3 N–H and O–H groups in total. The zero-order valence-electron chi connectivity index (χ0n) is 13.4. The molecule has 0 aliphatic carbocycles. The smallest absolute Gasteiger partial charge is 0.225 e. The minimum absolute atomic E-state index is 0.645. The molecule has 0 radical (unpaired) electrons. The fourth-order valence-electron chi connectivity index (χ4n) is 2.58. The standard InChI is InChI=1S/C17H21N5/c1-10-7-16(18-4)22-17(20-10)19-9-13-5-6-15-14(8-13)11(2)12(3)21-15/h5-8,21H,9H2,1-4H3,(H2,18,19,20,22). The first-order chi connectivity index (χ1) is 10.6. The summed E-state index contributed by atoms with van der Waals surface area (Å²) in [7, 11) is 1.86. The van der Waals surface area contributed by atoms with Gasteiger partial charge in [0.1, 0.15) is 5.82 Å². The van der Waals surface area contributed by atoms with Crippen LogP contribution in [0.1, 0.15) is 22.5 Å². The second-order valence-corrected chi connectivity index (χ2v) is 5.58. The van der Waals surface area contributed by atoms with E-state index in [1.165, 1.54) is 27.7 Å². The lowest BCUT2D eigenvalue weighted by molar-refractivity contribution is 1.03. The lowest BCUT2D eigenvalue weighted by Crippen LogP contribution is -2.06. The van der Waals surface area contributed by atoms with Gasteiger partial charge in [0.15, 0.2) is 0 Å². The van der Waals surface area contributed by atoms with Crippen LogP contribution < -0.4 is 10.6 Å². The van der Waals surface area contributed by atoms with Crippen molar-refractivity contribution in [1.82, 2.24) is 15.0 Å². The molecule has 22 heavy (non-hydrogen) atoms. The van der Waals surface area contributed by atoms with Gasteiger partial charge >= 0.3 is 0 Å². The summed E-state index contributed by atoms with van der Waals surface area (Å²) in [5, 5.41) is 7.62. The fraction of sp³-hybridized carbons (Fsp3) is 0.294. The van der Waals surface area contributed by atoms with Crippen molar-refractivity contribution in [3.63, 3.8) is 0 Å². The molecule has 0 aliphatic rings.